The van der Waals surface area contributed by atoms with Crippen LogP contribution in [0.15, 0.2) is 46.1 Å². The summed E-state index contributed by atoms with van der Waals surface area (Å²) < 4.78 is 14.5. The summed E-state index contributed by atoms with van der Waals surface area (Å²) in [7, 11) is 0. The third-order valence-electron chi connectivity index (χ3n) is 6.33. The van der Waals surface area contributed by atoms with Crippen LogP contribution >= 0.6 is 33.9 Å². The second-order valence-electron chi connectivity index (χ2n) is 9.37. The minimum absolute atomic E-state index is 0.275. The van der Waals surface area contributed by atoms with Crippen LogP contribution in [-0.2, 0) is 6.54 Å². The molecular weight excluding hydrogens is 562 g/mol. The fraction of sp³-hybridized carbons (Fsp3) is 0.538. The van der Waals surface area contributed by atoms with Crippen molar-refractivity contribution in [3.05, 3.63) is 52.5 Å². The molecule has 3 rings (SSSR count). The molecule has 8 heteroatoms. The number of halogens is 2. The molecule has 2 amide bonds. The molecular formula is C26H36FIN4OS. The first-order chi connectivity index (χ1) is 16.4. The van der Waals surface area contributed by atoms with Gasteiger partial charge >= 0.3 is 6.03 Å². The Morgan fingerprint density at radius 2 is 2.15 bits per heavy atom. The van der Waals surface area contributed by atoms with E-state index in [4.69, 9.17) is 0 Å². The van der Waals surface area contributed by atoms with Gasteiger partial charge in [0, 0.05) is 21.7 Å². The van der Waals surface area contributed by atoms with Crippen LogP contribution in [0.25, 0.3) is 0 Å². The van der Waals surface area contributed by atoms with Crippen LogP contribution in [0.1, 0.15) is 64.4 Å². The molecule has 2 atom stereocenters. The number of carbonyl (C=O) groups is 1. The average molecular weight is 599 g/mol. The monoisotopic (exact) mass is 598 g/mol. The van der Waals surface area contributed by atoms with E-state index in [1.54, 1.807) is 34.7 Å². The third kappa shape index (κ3) is 8.30. The van der Waals surface area contributed by atoms with E-state index in [-0.39, 0.29) is 17.9 Å². The van der Waals surface area contributed by atoms with Gasteiger partial charge in [0.15, 0.2) is 0 Å². The molecule has 34 heavy (non-hydrogen) atoms. The van der Waals surface area contributed by atoms with Gasteiger partial charge < -0.3 is 5.32 Å². The van der Waals surface area contributed by atoms with Gasteiger partial charge in [-0.1, -0.05) is 54.8 Å². The molecule has 1 aliphatic rings. The highest BCUT2D eigenvalue weighted by molar-refractivity contribution is 14.1. The largest absolute Gasteiger partial charge is 0.327 e. The number of benzene rings is 1. The Morgan fingerprint density at radius 3 is 2.82 bits per heavy atom. The average Bonchev–Trinajstić information content (AvgIpc) is 3.31. The predicted octanol–water partition coefficient (Wildman–Crippen LogP) is 6.92. The number of urea groups is 1. The van der Waals surface area contributed by atoms with E-state index >= 15 is 0 Å². The van der Waals surface area contributed by atoms with Crippen molar-refractivity contribution in [3.63, 3.8) is 0 Å². The predicted molar refractivity (Wildman–Crippen MR) is 150 cm³/mol. The smallest absolute Gasteiger partial charge is 0.313 e. The van der Waals surface area contributed by atoms with E-state index in [1.165, 1.54) is 37.0 Å². The third-order valence-corrected chi connectivity index (χ3v) is 7.50. The van der Waals surface area contributed by atoms with Crippen molar-refractivity contribution in [3.8, 4) is 0 Å². The molecule has 1 aromatic carbocycles. The molecule has 186 valence electrons. The highest BCUT2D eigenvalue weighted by Crippen LogP contribution is 2.33. The van der Waals surface area contributed by atoms with Gasteiger partial charge in [-0.3, -0.25) is 15.2 Å². The molecule has 1 heterocycles. The number of rotatable bonds is 11. The first-order valence-corrected chi connectivity index (χ1v) is 14.3. The number of hydrogen-bond acceptors (Lipinski definition) is 4. The fourth-order valence-electron chi connectivity index (χ4n) is 4.68. The van der Waals surface area contributed by atoms with Crippen molar-refractivity contribution in [1.29, 1.82) is 0 Å². The molecule has 5 nitrogen and oxygen atoms in total. The molecule has 1 aliphatic carbocycles. The SMILES string of the molecule is C[C@H](I)C[C@@](C)(CCNCc1ccsc1)N(C(=O)NC=NC1CCCCC1)c1cccc(F)c1. The molecule has 2 aromatic rings. The number of aliphatic imine (C=N–C) groups is 1. The molecule has 0 saturated heterocycles. The zero-order valence-corrected chi connectivity index (χ0v) is 23.1. The molecule has 1 aromatic heterocycles. The molecule has 0 unspecified atom stereocenters. The number of nitrogens with zero attached hydrogens (tertiary/aromatic N) is 2. The van der Waals surface area contributed by atoms with Crippen LogP contribution in [-0.4, -0.2) is 34.4 Å². The van der Waals surface area contributed by atoms with Crippen molar-refractivity contribution in [2.75, 3.05) is 11.4 Å². The van der Waals surface area contributed by atoms with Crippen molar-refractivity contribution < 1.29 is 9.18 Å². The Kier molecular flexibility index (Phi) is 10.8. The van der Waals surface area contributed by atoms with Gasteiger partial charge in [-0.05, 0) is 79.7 Å². The first-order valence-electron chi connectivity index (χ1n) is 12.1. The first kappa shape index (κ1) is 27.1. The zero-order chi connectivity index (χ0) is 24.4. The number of nitrogens with one attached hydrogen (secondary N) is 2. The fourth-order valence-corrected chi connectivity index (χ4v) is 6.29. The lowest BCUT2D eigenvalue weighted by atomic mass is 9.89. The Balaban J connectivity index is 1.77. The second-order valence-corrected chi connectivity index (χ2v) is 12.3. The van der Waals surface area contributed by atoms with Crippen LogP contribution in [0.5, 0.6) is 0 Å². The summed E-state index contributed by atoms with van der Waals surface area (Å²) in [4.78, 5) is 19.8. The number of anilines is 1. The maximum atomic E-state index is 14.2. The Bertz CT molecular complexity index is 917. The molecule has 1 saturated carbocycles. The Hall–Kier alpha value is -1.52. The number of thiophene rings is 1. The van der Waals surface area contributed by atoms with Crippen LogP contribution in [0.4, 0.5) is 14.9 Å². The standard InChI is InChI=1S/C26H36FIN4OS/c1-20(28)16-26(2,12-13-29-17-21-11-14-34-18-21)32(24-10-6-7-22(27)15-24)25(33)31-19-30-23-8-4-3-5-9-23/h6-7,10-11,14-15,18-20,23,29H,3-5,8-9,12-13,16-17H2,1-2H3,(H,30,31,33)/t20-,26+/m0/s1. The summed E-state index contributed by atoms with van der Waals surface area (Å²) in [6.45, 7) is 5.77. The minimum Gasteiger partial charge on any atom is -0.313 e. The maximum Gasteiger partial charge on any atom is 0.327 e. The van der Waals surface area contributed by atoms with Gasteiger partial charge in [-0.25, -0.2) is 9.18 Å². The summed E-state index contributed by atoms with van der Waals surface area (Å²) in [6, 6.07) is 8.42. The summed E-state index contributed by atoms with van der Waals surface area (Å²) in [5, 5.41) is 10.6. The normalized spacial score (nSPS) is 17.4. The summed E-state index contributed by atoms with van der Waals surface area (Å²) >= 11 is 4.09. The summed E-state index contributed by atoms with van der Waals surface area (Å²) in [6.07, 6.45) is 8.84. The van der Waals surface area contributed by atoms with Gasteiger partial charge in [0.1, 0.15) is 5.82 Å². The molecule has 0 bridgehead atoms. The number of carbonyl (C=O) groups excluding carboxylic acids is 1. The van der Waals surface area contributed by atoms with Gasteiger partial charge in [-0.2, -0.15) is 11.3 Å². The highest BCUT2D eigenvalue weighted by atomic mass is 127. The molecule has 0 aliphatic heterocycles. The van der Waals surface area contributed by atoms with E-state index in [9.17, 15) is 9.18 Å². The van der Waals surface area contributed by atoms with Crippen molar-refractivity contribution in [2.24, 2.45) is 4.99 Å². The highest BCUT2D eigenvalue weighted by Gasteiger charge is 2.37. The molecule has 0 spiro atoms. The van der Waals surface area contributed by atoms with Gasteiger partial charge in [0.25, 0.3) is 0 Å². The lowest BCUT2D eigenvalue weighted by Crippen LogP contribution is -2.55. The second kappa shape index (κ2) is 13.5. The van der Waals surface area contributed by atoms with Crippen molar-refractivity contribution in [2.45, 2.75) is 80.8 Å². The summed E-state index contributed by atoms with van der Waals surface area (Å²) in [5.74, 6) is -0.355. The van der Waals surface area contributed by atoms with Gasteiger partial charge in [-0.15, -0.1) is 0 Å². The van der Waals surface area contributed by atoms with E-state index in [1.807, 2.05) is 0 Å². The molecule has 0 radical (unpaired) electrons. The maximum absolute atomic E-state index is 14.2. The number of amides is 2. The number of hydrogen-bond donors (Lipinski definition) is 2. The lowest BCUT2D eigenvalue weighted by Gasteiger charge is -2.42. The summed E-state index contributed by atoms with van der Waals surface area (Å²) in [5.41, 5.74) is 1.30. The van der Waals surface area contributed by atoms with E-state index in [2.05, 4.69) is 68.9 Å². The van der Waals surface area contributed by atoms with Crippen LogP contribution < -0.4 is 15.5 Å². The lowest BCUT2D eigenvalue weighted by molar-refractivity contribution is 0.239. The van der Waals surface area contributed by atoms with Crippen LogP contribution in [0.3, 0.4) is 0 Å². The van der Waals surface area contributed by atoms with Crippen LogP contribution in [0.2, 0.25) is 0 Å². The number of alkyl halides is 1. The minimum atomic E-state index is -0.515. The Morgan fingerprint density at radius 1 is 1.35 bits per heavy atom. The topological polar surface area (TPSA) is 56.7 Å². The van der Waals surface area contributed by atoms with E-state index < -0.39 is 5.54 Å². The van der Waals surface area contributed by atoms with Crippen molar-refractivity contribution >= 4 is 52.0 Å². The zero-order valence-electron chi connectivity index (χ0n) is 20.1. The molecule has 2 N–H and O–H groups in total. The molecule has 1 fully saturated rings. The van der Waals surface area contributed by atoms with Gasteiger partial charge in [0.2, 0.25) is 0 Å². The van der Waals surface area contributed by atoms with Crippen molar-refractivity contribution in [1.82, 2.24) is 10.6 Å². The van der Waals surface area contributed by atoms with E-state index in [0.29, 0.717) is 9.61 Å². The van der Waals surface area contributed by atoms with Crippen LogP contribution in [0, 0.1) is 5.82 Å². The Labute approximate surface area is 220 Å². The van der Waals surface area contributed by atoms with Gasteiger partial charge in [0.05, 0.1) is 12.4 Å². The van der Waals surface area contributed by atoms with E-state index in [0.717, 1.165) is 38.8 Å². The quantitative estimate of drug-likeness (QED) is 0.0971.